The van der Waals surface area contributed by atoms with Gasteiger partial charge >= 0.3 is 0 Å². The van der Waals surface area contributed by atoms with E-state index < -0.39 is 17.8 Å². The van der Waals surface area contributed by atoms with Crippen molar-refractivity contribution >= 4 is 11.6 Å². The highest BCUT2D eigenvalue weighted by atomic mass is 35.5. The quantitative estimate of drug-likeness (QED) is 0.904. The lowest BCUT2D eigenvalue weighted by molar-refractivity contribution is 0.145. The molecular formula is C16H16ClF2NO. The van der Waals surface area contributed by atoms with Crippen LogP contribution in [0.5, 0.6) is 0 Å². The van der Waals surface area contributed by atoms with E-state index in [-0.39, 0.29) is 22.9 Å². The van der Waals surface area contributed by atoms with Crippen molar-refractivity contribution in [2.45, 2.75) is 18.9 Å². The highest BCUT2D eigenvalue weighted by molar-refractivity contribution is 6.30. The van der Waals surface area contributed by atoms with Gasteiger partial charge in [0.25, 0.3) is 0 Å². The number of aliphatic hydroxyl groups excluding tert-OH is 1. The van der Waals surface area contributed by atoms with Gasteiger partial charge in [-0.1, -0.05) is 29.8 Å². The molecule has 0 radical (unpaired) electrons. The van der Waals surface area contributed by atoms with E-state index in [2.05, 4.69) is 0 Å². The molecule has 2 unspecified atom stereocenters. The fourth-order valence-corrected chi connectivity index (χ4v) is 2.60. The summed E-state index contributed by atoms with van der Waals surface area (Å²) >= 11 is 5.77. The summed E-state index contributed by atoms with van der Waals surface area (Å²) in [5.41, 5.74) is 7.06. The predicted octanol–water partition coefficient (Wildman–Crippen LogP) is 3.70. The monoisotopic (exact) mass is 311 g/mol. The highest BCUT2D eigenvalue weighted by Gasteiger charge is 2.26. The first-order valence-electron chi connectivity index (χ1n) is 6.53. The van der Waals surface area contributed by atoms with Crippen molar-refractivity contribution in [2.75, 3.05) is 6.54 Å². The Kier molecular flexibility index (Phi) is 4.93. The molecule has 2 rings (SSSR count). The van der Waals surface area contributed by atoms with E-state index >= 15 is 0 Å². The highest BCUT2D eigenvalue weighted by Crippen LogP contribution is 2.35. The SMILES string of the molecule is Cc1cc(F)ccc1C(O)C(CN)c1cccc(Cl)c1F. The molecule has 112 valence electrons. The van der Waals surface area contributed by atoms with Crippen LogP contribution < -0.4 is 5.73 Å². The number of hydrogen-bond acceptors (Lipinski definition) is 2. The molecule has 0 saturated heterocycles. The van der Waals surface area contributed by atoms with Crippen molar-refractivity contribution < 1.29 is 13.9 Å². The van der Waals surface area contributed by atoms with Crippen molar-refractivity contribution in [1.29, 1.82) is 0 Å². The zero-order valence-corrected chi connectivity index (χ0v) is 12.2. The number of halogens is 3. The van der Waals surface area contributed by atoms with Gasteiger partial charge in [-0.15, -0.1) is 0 Å². The number of rotatable bonds is 4. The second kappa shape index (κ2) is 6.52. The van der Waals surface area contributed by atoms with E-state index in [9.17, 15) is 13.9 Å². The van der Waals surface area contributed by atoms with Crippen LogP contribution in [-0.2, 0) is 0 Å². The van der Waals surface area contributed by atoms with Crippen LogP contribution in [0, 0.1) is 18.6 Å². The molecule has 2 atom stereocenters. The zero-order chi connectivity index (χ0) is 15.6. The summed E-state index contributed by atoms with van der Waals surface area (Å²) in [6.45, 7) is 1.72. The molecule has 21 heavy (non-hydrogen) atoms. The van der Waals surface area contributed by atoms with Crippen LogP contribution in [-0.4, -0.2) is 11.7 Å². The Hall–Kier alpha value is -1.49. The average molecular weight is 312 g/mol. The Bertz CT molecular complexity index is 648. The summed E-state index contributed by atoms with van der Waals surface area (Å²) in [5, 5.41) is 10.5. The minimum atomic E-state index is -1.04. The van der Waals surface area contributed by atoms with Crippen molar-refractivity contribution in [3.05, 3.63) is 69.7 Å². The van der Waals surface area contributed by atoms with Crippen molar-refractivity contribution in [3.8, 4) is 0 Å². The molecule has 0 fully saturated rings. The molecule has 0 spiro atoms. The van der Waals surface area contributed by atoms with Gasteiger partial charge in [-0.25, -0.2) is 8.78 Å². The standard InChI is InChI=1S/C16H16ClF2NO/c1-9-7-10(18)5-6-11(9)16(21)13(8-20)12-3-2-4-14(17)15(12)19/h2-7,13,16,21H,8,20H2,1H3. The number of benzene rings is 2. The predicted molar refractivity (Wildman–Crippen MR) is 79.3 cm³/mol. The normalized spacial score (nSPS) is 14.0. The topological polar surface area (TPSA) is 46.2 Å². The maximum absolute atomic E-state index is 14.1. The zero-order valence-electron chi connectivity index (χ0n) is 11.5. The van der Waals surface area contributed by atoms with E-state index in [4.69, 9.17) is 17.3 Å². The van der Waals surface area contributed by atoms with Crippen molar-refractivity contribution in [2.24, 2.45) is 5.73 Å². The summed E-state index contributed by atoms with van der Waals surface area (Å²) in [6.07, 6.45) is -1.04. The fraction of sp³-hybridized carbons (Fsp3) is 0.250. The molecular weight excluding hydrogens is 296 g/mol. The molecule has 0 aliphatic rings. The van der Waals surface area contributed by atoms with Gasteiger partial charge in [0.05, 0.1) is 11.1 Å². The first kappa shape index (κ1) is 15.9. The maximum atomic E-state index is 14.1. The van der Waals surface area contributed by atoms with Gasteiger partial charge in [0, 0.05) is 12.5 Å². The van der Waals surface area contributed by atoms with Gasteiger partial charge in [0.1, 0.15) is 11.6 Å². The average Bonchev–Trinajstić information content (AvgIpc) is 2.44. The van der Waals surface area contributed by atoms with Crippen molar-refractivity contribution in [3.63, 3.8) is 0 Å². The smallest absolute Gasteiger partial charge is 0.145 e. The lowest BCUT2D eigenvalue weighted by Crippen LogP contribution is -2.22. The number of nitrogens with two attached hydrogens (primary N) is 1. The second-order valence-corrected chi connectivity index (χ2v) is 5.34. The summed E-state index contributed by atoms with van der Waals surface area (Å²) in [7, 11) is 0. The van der Waals surface area contributed by atoms with Crippen LogP contribution in [0.2, 0.25) is 5.02 Å². The molecule has 2 aromatic carbocycles. The molecule has 3 N–H and O–H groups in total. The Morgan fingerprint density at radius 2 is 1.90 bits per heavy atom. The molecule has 2 aromatic rings. The first-order valence-corrected chi connectivity index (χ1v) is 6.91. The number of aliphatic hydroxyl groups is 1. The van der Waals surface area contributed by atoms with Crippen LogP contribution in [0.1, 0.15) is 28.7 Å². The Balaban J connectivity index is 2.43. The molecule has 0 amide bonds. The molecule has 2 nitrogen and oxygen atoms in total. The van der Waals surface area contributed by atoms with E-state index in [1.165, 1.54) is 24.3 Å². The number of aryl methyl sites for hydroxylation is 1. The van der Waals surface area contributed by atoms with Crippen LogP contribution in [0.15, 0.2) is 36.4 Å². The third kappa shape index (κ3) is 3.23. The molecule has 0 aliphatic heterocycles. The Labute approximate surface area is 127 Å². The van der Waals surface area contributed by atoms with E-state index in [0.29, 0.717) is 11.1 Å². The van der Waals surface area contributed by atoms with Gasteiger partial charge < -0.3 is 10.8 Å². The van der Waals surface area contributed by atoms with E-state index in [0.717, 1.165) is 0 Å². The van der Waals surface area contributed by atoms with Crippen LogP contribution in [0.3, 0.4) is 0 Å². The van der Waals surface area contributed by atoms with Crippen LogP contribution in [0.25, 0.3) is 0 Å². The molecule has 0 aromatic heterocycles. The Morgan fingerprint density at radius 3 is 2.52 bits per heavy atom. The molecule has 0 aliphatic carbocycles. The van der Waals surface area contributed by atoms with Gasteiger partial charge in [-0.05, 0) is 41.8 Å². The van der Waals surface area contributed by atoms with Gasteiger partial charge in [0.15, 0.2) is 0 Å². The van der Waals surface area contributed by atoms with Gasteiger partial charge in [0.2, 0.25) is 0 Å². The van der Waals surface area contributed by atoms with E-state index in [1.54, 1.807) is 19.1 Å². The summed E-state index contributed by atoms with van der Waals surface area (Å²) in [5.74, 6) is -1.64. The van der Waals surface area contributed by atoms with Crippen LogP contribution in [0.4, 0.5) is 8.78 Å². The second-order valence-electron chi connectivity index (χ2n) is 4.93. The first-order chi connectivity index (χ1) is 9.95. The molecule has 0 heterocycles. The summed E-state index contributed by atoms with van der Waals surface area (Å²) < 4.78 is 27.3. The third-order valence-corrected chi connectivity index (χ3v) is 3.86. The minimum absolute atomic E-state index is 0.0195. The summed E-state index contributed by atoms with van der Waals surface area (Å²) in [6, 6.07) is 8.65. The van der Waals surface area contributed by atoms with Crippen molar-refractivity contribution in [1.82, 2.24) is 0 Å². The maximum Gasteiger partial charge on any atom is 0.145 e. The lowest BCUT2D eigenvalue weighted by atomic mass is 9.87. The lowest BCUT2D eigenvalue weighted by Gasteiger charge is -2.24. The minimum Gasteiger partial charge on any atom is -0.388 e. The van der Waals surface area contributed by atoms with Crippen LogP contribution >= 0.6 is 11.6 Å². The van der Waals surface area contributed by atoms with E-state index in [1.807, 2.05) is 0 Å². The third-order valence-electron chi connectivity index (χ3n) is 3.57. The Morgan fingerprint density at radius 1 is 1.19 bits per heavy atom. The molecule has 5 heteroatoms. The number of hydrogen-bond donors (Lipinski definition) is 2. The molecule has 0 saturated carbocycles. The summed E-state index contributed by atoms with van der Waals surface area (Å²) in [4.78, 5) is 0. The molecule has 0 bridgehead atoms. The van der Waals surface area contributed by atoms with Gasteiger partial charge in [-0.3, -0.25) is 0 Å². The fourth-order valence-electron chi connectivity index (χ4n) is 2.42. The van der Waals surface area contributed by atoms with Gasteiger partial charge in [-0.2, -0.15) is 0 Å². The largest absolute Gasteiger partial charge is 0.388 e.